The molecule has 0 saturated heterocycles. The van der Waals surface area contributed by atoms with Crippen molar-refractivity contribution in [2.24, 2.45) is 5.92 Å². The maximum atomic E-state index is 12.4. The van der Waals surface area contributed by atoms with Crippen molar-refractivity contribution < 1.29 is 27.9 Å². The first-order valence-corrected chi connectivity index (χ1v) is 5.87. The molecule has 0 fully saturated rings. The second-order valence-electron chi connectivity index (χ2n) is 4.41. The number of nitrogens with one attached hydrogen (secondary N) is 1. The molecule has 2 atom stereocenters. The molecule has 0 aromatic heterocycles. The highest BCUT2D eigenvalue weighted by atomic mass is 19.4. The third kappa shape index (κ3) is 4.56. The molecule has 7 heteroatoms. The highest BCUT2D eigenvalue weighted by molar-refractivity contribution is 5.96. The summed E-state index contributed by atoms with van der Waals surface area (Å²) in [7, 11) is 0. The minimum absolute atomic E-state index is 0.193. The van der Waals surface area contributed by atoms with Crippen LogP contribution in [0, 0.1) is 5.92 Å². The Morgan fingerprint density at radius 1 is 1.25 bits per heavy atom. The summed E-state index contributed by atoms with van der Waals surface area (Å²) in [5, 5.41) is 11.0. The maximum absolute atomic E-state index is 12.4. The minimum atomic E-state index is -4.49. The Morgan fingerprint density at radius 2 is 1.80 bits per heavy atom. The average molecular weight is 289 g/mol. The summed E-state index contributed by atoms with van der Waals surface area (Å²) in [5.74, 6) is -4.03. The smallest absolute Gasteiger partial charge is 0.391 e. The summed E-state index contributed by atoms with van der Waals surface area (Å²) in [4.78, 5) is 22.7. The van der Waals surface area contributed by atoms with Crippen molar-refractivity contribution in [3.05, 3.63) is 35.9 Å². The lowest BCUT2D eigenvalue weighted by atomic mass is 10.0. The molecule has 2 unspecified atom stereocenters. The van der Waals surface area contributed by atoms with Crippen molar-refractivity contribution in [1.82, 2.24) is 5.32 Å². The molecule has 0 aliphatic heterocycles. The van der Waals surface area contributed by atoms with Crippen LogP contribution in [0.15, 0.2) is 30.3 Å². The Labute approximate surface area is 113 Å². The molecule has 0 bridgehead atoms. The van der Waals surface area contributed by atoms with Gasteiger partial charge in [-0.1, -0.05) is 25.1 Å². The van der Waals surface area contributed by atoms with E-state index in [2.05, 4.69) is 5.32 Å². The van der Waals surface area contributed by atoms with Crippen LogP contribution in [0.3, 0.4) is 0 Å². The molecule has 2 N–H and O–H groups in total. The van der Waals surface area contributed by atoms with E-state index in [1.54, 1.807) is 18.2 Å². The summed E-state index contributed by atoms with van der Waals surface area (Å²) in [6, 6.07) is 6.12. The van der Waals surface area contributed by atoms with Gasteiger partial charge in [-0.05, 0) is 18.6 Å². The van der Waals surface area contributed by atoms with E-state index < -0.39 is 36.4 Å². The number of carboxylic acids is 1. The average Bonchev–Trinajstić information content (AvgIpc) is 2.37. The zero-order valence-electron chi connectivity index (χ0n) is 10.6. The number of hydrogen-bond acceptors (Lipinski definition) is 2. The van der Waals surface area contributed by atoms with E-state index in [-0.39, 0.29) is 5.56 Å². The van der Waals surface area contributed by atoms with Gasteiger partial charge in [0.05, 0.1) is 5.92 Å². The van der Waals surface area contributed by atoms with Gasteiger partial charge in [-0.15, -0.1) is 0 Å². The number of carboxylic acid groups (broad SMARTS) is 1. The summed E-state index contributed by atoms with van der Waals surface area (Å²) in [6.07, 6.45) is -5.21. The fourth-order valence-corrected chi connectivity index (χ4v) is 1.54. The van der Waals surface area contributed by atoms with Crippen LogP contribution in [0.25, 0.3) is 0 Å². The van der Waals surface area contributed by atoms with Crippen LogP contribution in [0.5, 0.6) is 0 Å². The molecule has 1 aromatic rings. The van der Waals surface area contributed by atoms with Gasteiger partial charge >= 0.3 is 12.1 Å². The highest BCUT2D eigenvalue weighted by Crippen LogP contribution is 2.29. The third-order valence-corrected chi connectivity index (χ3v) is 2.79. The molecule has 0 spiro atoms. The Bertz CT molecular complexity index is 473. The lowest BCUT2D eigenvalue weighted by Gasteiger charge is -2.20. The first kappa shape index (κ1) is 16.0. The van der Waals surface area contributed by atoms with Crippen LogP contribution < -0.4 is 5.32 Å². The summed E-state index contributed by atoms with van der Waals surface area (Å²) in [6.45, 7) is 0.880. The van der Waals surface area contributed by atoms with Crippen molar-refractivity contribution in [2.75, 3.05) is 0 Å². The standard InChI is InChI=1S/C13H14F3NO3/c1-8(13(14,15)16)7-10(12(19)20)17-11(18)9-5-3-2-4-6-9/h2-6,8,10H,7H2,1H3,(H,17,18)(H,19,20). The second-order valence-corrected chi connectivity index (χ2v) is 4.41. The van der Waals surface area contributed by atoms with Crippen LogP contribution in [-0.4, -0.2) is 29.2 Å². The van der Waals surface area contributed by atoms with Crippen molar-refractivity contribution >= 4 is 11.9 Å². The number of carbonyl (C=O) groups excluding carboxylic acids is 1. The number of amides is 1. The van der Waals surface area contributed by atoms with E-state index in [1.165, 1.54) is 12.1 Å². The van der Waals surface area contributed by atoms with E-state index in [1.807, 2.05) is 0 Å². The number of hydrogen-bond donors (Lipinski definition) is 2. The van der Waals surface area contributed by atoms with Crippen molar-refractivity contribution in [1.29, 1.82) is 0 Å². The van der Waals surface area contributed by atoms with Gasteiger partial charge in [0, 0.05) is 5.56 Å². The van der Waals surface area contributed by atoms with Crippen molar-refractivity contribution in [3.8, 4) is 0 Å². The topological polar surface area (TPSA) is 66.4 Å². The fraction of sp³-hybridized carbons (Fsp3) is 0.385. The van der Waals surface area contributed by atoms with Crippen LogP contribution in [-0.2, 0) is 4.79 Å². The van der Waals surface area contributed by atoms with E-state index in [0.717, 1.165) is 6.92 Å². The number of rotatable bonds is 5. The van der Waals surface area contributed by atoms with Gasteiger partial charge in [-0.3, -0.25) is 4.79 Å². The molecule has 20 heavy (non-hydrogen) atoms. The minimum Gasteiger partial charge on any atom is -0.480 e. The quantitative estimate of drug-likeness (QED) is 0.875. The summed E-state index contributed by atoms with van der Waals surface area (Å²) in [5.41, 5.74) is 0.193. The predicted molar refractivity (Wildman–Crippen MR) is 65.2 cm³/mol. The van der Waals surface area contributed by atoms with Gasteiger partial charge in [0.25, 0.3) is 5.91 Å². The van der Waals surface area contributed by atoms with E-state index in [0.29, 0.717) is 0 Å². The lowest BCUT2D eigenvalue weighted by molar-refractivity contribution is -0.174. The molecule has 0 saturated carbocycles. The summed E-state index contributed by atoms with van der Waals surface area (Å²) >= 11 is 0. The van der Waals surface area contributed by atoms with Crippen molar-refractivity contribution in [3.63, 3.8) is 0 Å². The van der Waals surface area contributed by atoms with E-state index in [9.17, 15) is 22.8 Å². The molecule has 0 aliphatic rings. The molecular formula is C13H14F3NO3. The molecule has 0 heterocycles. The molecule has 1 amide bonds. The SMILES string of the molecule is CC(CC(NC(=O)c1ccccc1)C(=O)O)C(F)(F)F. The largest absolute Gasteiger partial charge is 0.480 e. The van der Waals surface area contributed by atoms with Gasteiger partial charge in [0.15, 0.2) is 0 Å². The van der Waals surface area contributed by atoms with Crippen LogP contribution >= 0.6 is 0 Å². The first-order chi connectivity index (χ1) is 9.21. The molecule has 110 valence electrons. The second kappa shape index (κ2) is 6.40. The number of alkyl halides is 3. The predicted octanol–water partition coefficient (Wildman–Crippen LogP) is 2.46. The molecule has 0 aliphatic carbocycles. The molecule has 1 aromatic carbocycles. The fourth-order valence-electron chi connectivity index (χ4n) is 1.54. The van der Waals surface area contributed by atoms with E-state index >= 15 is 0 Å². The number of carbonyl (C=O) groups is 2. The number of benzene rings is 1. The zero-order valence-corrected chi connectivity index (χ0v) is 10.6. The lowest BCUT2D eigenvalue weighted by Crippen LogP contribution is -2.43. The number of halogens is 3. The van der Waals surface area contributed by atoms with Gasteiger partial charge in [-0.2, -0.15) is 13.2 Å². The normalized spacial score (nSPS) is 14.4. The van der Waals surface area contributed by atoms with Crippen LogP contribution in [0.2, 0.25) is 0 Å². The maximum Gasteiger partial charge on any atom is 0.391 e. The molecule has 1 rings (SSSR count). The zero-order chi connectivity index (χ0) is 15.3. The molecular weight excluding hydrogens is 275 g/mol. The molecule has 4 nitrogen and oxygen atoms in total. The monoisotopic (exact) mass is 289 g/mol. The Kier molecular flexibility index (Phi) is 5.12. The van der Waals surface area contributed by atoms with E-state index in [4.69, 9.17) is 5.11 Å². The van der Waals surface area contributed by atoms with Gasteiger partial charge < -0.3 is 10.4 Å². The Balaban J connectivity index is 2.74. The van der Waals surface area contributed by atoms with Gasteiger partial charge in [0.2, 0.25) is 0 Å². The first-order valence-electron chi connectivity index (χ1n) is 5.87. The van der Waals surface area contributed by atoms with Gasteiger partial charge in [-0.25, -0.2) is 4.79 Å². The molecule has 0 radical (unpaired) electrons. The van der Waals surface area contributed by atoms with Crippen LogP contribution in [0.1, 0.15) is 23.7 Å². The highest BCUT2D eigenvalue weighted by Gasteiger charge is 2.39. The third-order valence-electron chi connectivity index (χ3n) is 2.79. The van der Waals surface area contributed by atoms with Crippen LogP contribution in [0.4, 0.5) is 13.2 Å². The van der Waals surface area contributed by atoms with Crippen molar-refractivity contribution in [2.45, 2.75) is 25.6 Å². The Hall–Kier alpha value is -2.05. The van der Waals surface area contributed by atoms with Gasteiger partial charge in [0.1, 0.15) is 6.04 Å². The Morgan fingerprint density at radius 3 is 2.25 bits per heavy atom. The summed E-state index contributed by atoms with van der Waals surface area (Å²) < 4.78 is 37.3. The number of aliphatic carboxylic acids is 1.